The summed E-state index contributed by atoms with van der Waals surface area (Å²) in [5.41, 5.74) is 1.53. The Bertz CT molecular complexity index is 986. The molecule has 19 heavy (non-hydrogen) atoms. The van der Waals surface area contributed by atoms with E-state index in [4.69, 9.17) is 0 Å². The van der Waals surface area contributed by atoms with Crippen LogP contribution in [0, 0.1) is 0 Å². The minimum Gasteiger partial charge on any atom is -0.269 e. The molecule has 3 heteroatoms. The van der Waals surface area contributed by atoms with E-state index in [2.05, 4.69) is 29.2 Å². The summed E-state index contributed by atoms with van der Waals surface area (Å²) in [5, 5.41) is 3.28. The van der Waals surface area contributed by atoms with E-state index < -0.39 is 0 Å². The molecule has 2 aromatic carbocycles. The molecule has 90 valence electrons. The summed E-state index contributed by atoms with van der Waals surface area (Å²) >= 11 is 0. The first kappa shape index (κ1) is 10.3. The molecule has 0 N–H and O–H groups in total. The highest BCUT2D eigenvalue weighted by atomic mass is 16.1. The van der Waals surface area contributed by atoms with E-state index in [1.54, 1.807) is 16.5 Å². The zero-order valence-corrected chi connectivity index (χ0v) is 10.1. The molecule has 0 unspecified atom stereocenters. The Morgan fingerprint density at radius 2 is 1.63 bits per heavy atom. The van der Waals surface area contributed by atoms with Crippen LogP contribution in [0.4, 0.5) is 0 Å². The average Bonchev–Trinajstić information content (AvgIpc) is 2.44. The Kier molecular flexibility index (Phi) is 1.97. The van der Waals surface area contributed by atoms with Crippen molar-refractivity contribution in [1.82, 2.24) is 9.38 Å². The van der Waals surface area contributed by atoms with Crippen molar-refractivity contribution in [3.05, 3.63) is 71.1 Å². The monoisotopic (exact) mass is 246 g/mol. The first-order valence-electron chi connectivity index (χ1n) is 6.12. The smallest absolute Gasteiger partial charge is 0.256 e. The van der Waals surface area contributed by atoms with E-state index in [0.717, 1.165) is 21.7 Å². The second kappa shape index (κ2) is 3.65. The lowest BCUT2D eigenvalue weighted by atomic mass is 10.1. The van der Waals surface area contributed by atoms with Gasteiger partial charge in [0.05, 0.1) is 5.52 Å². The molecule has 0 aliphatic heterocycles. The Balaban J connectivity index is 2.23. The van der Waals surface area contributed by atoms with Gasteiger partial charge in [-0.1, -0.05) is 30.3 Å². The normalized spacial score (nSPS) is 11.4. The first-order chi connectivity index (χ1) is 9.31. The maximum Gasteiger partial charge on any atom is 0.256 e. The summed E-state index contributed by atoms with van der Waals surface area (Å²) < 4.78 is 1.58. The van der Waals surface area contributed by atoms with Gasteiger partial charge >= 0.3 is 0 Å². The number of rotatable bonds is 0. The largest absolute Gasteiger partial charge is 0.269 e. The van der Waals surface area contributed by atoms with Crippen molar-refractivity contribution >= 4 is 27.3 Å². The van der Waals surface area contributed by atoms with Crippen molar-refractivity contribution in [1.29, 1.82) is 0 Å². The third-order valence-electron chi connectivity index (χ3n) is 3.37. The lowest BCUT2D eigenvalue weighted by Gasteiger charge is -2.04. The maximum atomic E-state index is 11.8. The van der Waals surface area contributed by atoms with Gasteiger partial charge in [-0.25, -0.2) is 4.98 Å². The van der Waals surface area contributed by atoms with Crippen LogP contribution in [0.25, 0.3) is 27.3 Å². The number of aromatic nitrogens is 2. The van der Waals surface area contributed by atoms with E-state index >= 15 is 0 Å². The fourth-order valence-corrected chi connectivity index (χ4v) is 2.42. The molecule has 0 radical (unpaired) electrons. The van der Waals surface area contributed by atoms with Gasteiger partial charge in [-0.15, -0.1) is 0 Å². The molecular formula is C16H10N2O. The molecule has 3 nitrogen and oxygen atoms in total. The van der Waals surface area contributed by atoms with Crippen LogP contribution in [0.15, 0.2) is 65.6 Å². The van der Waals surface area contributed by atoms with Crippen molar-refractivity contribution in [2.24, 2.45) is 0 Å². The molecule has 2 aromatic heterocycles. The van der Waals surface area contributed by atoms with Gasteiger partial charge in [0.25, 0.3) is 5.56 Å². The van der Waals surface area contributed by atoms with Gasteiger partial charge in [0.1, 0.15) is 5.65 Å². The van der Waals surface area contributed by atoms with Crippen LogP contribution in [0.3, 0.4) is 0 Å². The number of fused-ring (bicyclic) bond motifs is 3. The van der Waals surface area contributed by atoms with E-state index in [1.807, 2.05) is 24.4 Å². The lowest BCUT2D eigenvalue weighted by molar-refractivity contribution is 1.07. The van der Waals surface area contributed by atoms with Crippen LogP contribution < -0.4 is 5.56 Å². The van der Waals surface area contributed by atoms with Gasteiger partial charge in [-0.05, 0) is 29.0 Å². The van der Waals surface area contributed by atoms with Gasteiger partial charge in [0, 0.05) is 17.6 Å². The second-order valence-corrected chi connectivity index (χ2v) is 4.59. The number of hydrogen-bond acceptors (Lipinski definition) is 2. The van der Waals surface area contributed by atoms with E-state index in [0.29, 0.717) is 5.65 Å². The Hall–Kier alpha value is -2.68. The summed E-state index contributed by atoms with van der Waals surface area (Å²) in [6.07, 6.45) is 1.85. The summed E-state index contributed by atoms with van der Waals surface area (Å²) in [6.45, 7) is 0. The number of pyridine rings is 1. The summed E-state index contributed by atoms with van der Waals surface area (Å²) in [5.74, 6) is 0. The second-order valence-electron chi connectivity index (χ2n) is 4.59. The summed E-state index contributed by atoms with van der Waals surface area (Å²) in [7, 11) is 0. The van der Waals surface area contributed by atoms with Gasteiger partial charge < -0.3 is 0 Å². The lowest BCUT2D eigenvalue weighted by Crippen LogP contribution is -2.11. The molecule has 0 atom stereocenters. The van der Waals surface area contributed by atoms with Gasteiger partial charge in [-0.3, -0.25) is 9.20 Å². The van der Waals surface area contributed by atoms with Crippen molar-refractivity contribution < 1.29 is 0 Å². The predicted octanol–water partition coefficient (Wildman–Crippen LogP) is 3.00. The zero-order chi connectivity index (χ0) is 12.8. The van der Waals surface area contributed by atoms with E-state index in [-0.39, 0.29) is 5.56 Å². The average molecular weight is 246 g/mol. The third-order valence-corrected chi connectivity index (χ3v) is 3.37. The minimum atomic E-state index is -0.0555. The molecule has 0 amide bonds. The summed E-state index contributed by atoms with van der Waals surface area (Å²) in [6, 6.07) is 17.4. The maximum absolute atomic E-state index is 11.8. The van der Waals surface area contributed by atoms with Crippen LogP contribution in [0.2, 0.25) is 0 Å². The SMILES string of the molecule is O=c1cccc2nc3cc4ccccc4cc3cn12. The molecule has 0 aliphatic carbocycles. The Labute approximate surface area is 108 Å². The number of benzene rings is 2. The van der Waals surface area contributed by atoms with Crippen molar-refractivity contribution in [3.8, 4) is 0 Å². The molecule has 0 aliphatic rings. The van der Waals surface area contributed by atoms with Crippen LogP contribution in [0.1, 0.15) is 0 Å². The predicted molar refractivity (Wildman–Crippen MR) is 76.5 cm³/mol. The highest BCUT2D eigenvalue weighted by molar-refractivity contribution is 5.96. The van der Waals surface area contributed by atoms with E-state index in [9.17, 15) is 4.79 Å². The van der Waals surface area contributed by atoms with E-state index in [1.165, 1.54) is 0 Å². The van der Waals surface area contributed by atoms with Crippen molar-refractivity contribution in [2.75, 3.05) is 0 Å². The van der Waals surface area contributed by atoms with Gasteiger partial charge in [-0.2, -0.15) is 0 Å². The fraction of sp³-hybridized carbons (Fsp3) is 0. The molecule has 4 aromatic rings. The van der Waals surface area contributed by atoms with Gasteiger partial charge in [0.2, 0.25) is 0 Å². The molecule has 0 saturated heterocycles. The van der Waals surface area contributed by atoms with Crippen LogP contribution in [0.5, 0.6) is 0 Å². The number of nitrogens with zero attached hydrogens (tertiary/aromatic N) is 2. The zero-order valence-electron chi connectivity index (χ0n) is 10.1. The highest BCUT2D eigenvalue weighted by Crippen LogP contribution is 2.21. The quantitative estimate of drug-likeness (QED) is 0.447. The molecular weight excluding hydrogens is 236 g/mol. The van der Waals surface area contributed by atoms with Crippen LogP contribution in [-0.2, 0) is 0 Å². The van der Waals surface area contributed by atoms with Gasteiger partial charge in [0.15, 0.2) is 0 Å². The molecule has 0 fully saturated rings. The summed E-state index contributed by atoms with van der Waals surface area (Å²) in [4.78, 5) is 16.4. The molecule has 0 spiro atoms. The highest BCUT2D eigenvalue weighted by Gasteiger charge is 2.02. The fourth-order valence-electron chi connectivity index (χ4n) is 2.42. The minimum absolute atomic E-state index is 0.0555. The first-order valence-corrected chi connectivity index (χ1v) is 6.12. The Morgan fingerprint density at radius 3 is 2.47 bits per heavy atom. The molecule has 2 heterocycles. The third kappa shape index (κ3) is 1.52. The Morgan fingerprint density at radius 1 is 0.842 bits per heavy atom. The van der Waals surface area contributed by atoms with Crippen molar-refractivity contribution in [3.63, 3.8) is 0 Å². The topological polar surface area (TPSA) is 34.4 Å². The standard InChI is InChI=1S/C16H10N2O/c19-16-7-3-6-15-17-14-9-12-5-2-1-4-11(12)8-13(14)10-18(15)16/h1-10H. The van der Waals surface area contributed by atoms with Crippen LogP contribution >= 0.6 is 0 Å². The van der Waals surface area contributed by atoms with Crippen molar-refractivity contribution in [2.45, 2.75) is 0 Å². The molecule has 4 rings (SSSR count). The van der Waals surface area contributed by atoms with Crippen LogP contribution in [-0.4, -0.2) is 9.38 Å². The molecule has 0 saturated carbocycles. The molecule has 0 bridgehead atoms. The number of hydrogen-bond donors (Lipinski definition) is 0.